The van der Waals surface area contributed by atoms with E-state index >= 15 is 0 Å². The number of aliphatic hydroxyl groups excluding tert-OH is 3. The highest BCUT2D eigenvalue weighted by molar-refractivity contribution is 4.85. The maximum absolute atomic E-state index is 12.6. The number of halogens is 2. The Balaban J connectivity index is 2.40. The summed E-state index contributed by atoms with van der Waals surface area (Å²) in [7, 11) is 0. The van der Waals surface area contributed by atoms with E-state index in [1.54, 1.807) is 0 Å². The van der Waals surface area contributed by atoms with Gasteiger partial charge in [0, 0.05) is 13.1 Å². The molecular weight excluding hydrogens is 184 g/mol. The zero-order valence-electron chi connectivity index (χ0n) is 7.03. The first-order valence-corrected chi connectivity index (χ1v) is 4.02. The fourth-order valence-corrected chi connectivity index (χ4v) is 1.35. The Morgan fingerprint density at radius 3 is 2.08 bits per heavy atom. The smallest absolute Gasteiger partial charge is 0.283 e. The van der Waals surface area contributed by atoms with Gasteiger partial charge in [-0.25, -0.2) is 8.78 Å². The molecule has 2 unspecified atom stereocenters. The molecule has 1 aliphatic rings. The zero-order chi connectivity index (χ0) is 10.1. The molecule has 0 saturated carbocycles. The lowest BCUT2D eigenvalue weighted by atomic mass is 10.3. The quantitative estimate of drug-likeness (QED) is 0.523. The molecule has 0 bridgehead atoms. The number of hydrogen-bond donors (Lipinski definition) is 3. The lowest BCUT2D eigenvalue weighted by molar-refractivity contribution is -0.0708. The van der Waals surface area contributed by atoms with Gasteiger partial charge in [0.25, 0.3) is 5.92 Å². The molecule has 0 aliphatic carbocycles. The van der Waals surface area contributed by atoms with Crippen LogP contribution >= 0.6 is 0 Å². The van der Waals surface area contributed by atoms with E-state index in [1.807, 2.05) is 0 Å². The molecule has 1 fully saturated rings. The van der Waals surface area contributed by atoms with Crippen LogP contribution in [0, 0.1) is 0 Å². The minimum absolute atomic E-state index is 0.0246. The van der Waals surface area contributed by atoms with Gasteiger partial charge in [0.05, 0.1) is 18.8 Å². The second-order valence-electron chi connectivity index (χ2n) is 3.34. The molecule has 4 nitrogen and oxygen atoms in total. The first-order chi connectivity index (χ1) is 5.94. The summed E-state index contributed by atoms with van der Waals surface area (Å²) in [5, 5.41) is 26.4. The highest BCUT2D eigenvalue weighted by Gasteiger charge is 2.37. The second kappa shape index (κ2) is 3.83. The number of likely N-dealkylation sites (tertiary alicyclic amines) is 1. The van der Waals surface area contributed by atoms with Gasteiger partial charge in [-0.3, -0.25) is 4.90 Å². The molecule has 0 amide bonds. The molecule has 0 aromatic heterocycles. The zero-order valence-corrected chi connectivity index (χ0v) is 7.03. The first-order valence-electron chi connectivity index (χ1n) is 4.02. The highest BCUT2D eigenvalue weighted by atomic mass is 19.3. The summed E-state index contributed by atoms with van der Waals surface area (Å²) in [5.74, 6) is -3.16. The normalized spacial score (nSPS) is 31.2. The van der Waals surface area contributed by atoms with Gasteiger partial charge in [0.1, 0.15) is 6.61 Å². The fourth-order valence-electron chi connectivity index (χ4n) is 1.35. The average Bonchev–Trinajstić information content (AvgIpc) is 2.30. The van der Waals surface area contributed by atoms with E-state index in [-0.39, 0.29) is 13.1 Å². The average molecular weight is 197 g/mol. The predicted molar refractivity (Wildman–Crippen MR) is 40.5 cm³/mol. The Bertz CT molecular complexity index is 169. The minimum atomic E-state index is -3.16. The van der Waals surface area contributed by atoms with Gasteiger partial charge in [-0.15, -0.1) is 0 Å². The van der Waals surface area contributed by atoms with Gasteiger partial charge in [0.2, 0.25) is 0 Å². The van der Waals surface area contributed by atoms with Crippen LogP contribution in [0.5, 0.6) is 0 Å². The predicted octanol–water partition coefficient (Wildman–Crippen LogP) is -1.35. The summed E-state index contributed by atoms with van der Waals surface area (Å²) in [6, 6.07) is 0. The third-order valence-corrected chi connectivity index (χ3v) is 2.02. The molecule has 1 heterocycles. The summed E-state index contributed by atoms with van der Waals surface area (Å²) in [5.41, 5.74) is 0. The fraction of sp³-hybridized carbons (Fsp3) is 1.00. The summed E-state index contributed by atoms with van der Waals surface area (Å²) >= 11 is 0. The third-order valence-electron chi connectivity index (χ3n) is 2.02. The molecule has 0 spiro atoms. The van der Waals surface area contributed by atoms with Gasteiger partial charge in [-0.1, -0.05) is 0 Å². The van der Waals surface area contributed by atoms with Crippen molar-refractivity contribution in [2.24, 2.45) is 0 Å². The number of aliphatic hydroxyl groups is 3. The van der Waals surface area contributed by atoms with Crippen LogP contribution in [-0.4, -0.2) is 64.6 Å². The van der Waals surface area contributed by atoms with E-state index in [0.717, 1.165) is 0 Å². The molecule has 13 heavy (non-hydrogen) atoms. The van der Waals surface area contributed by atoms with Crippen LogP contribution in [0.15, 0.2) is 0 Å². The first kappa shape index (κ1) is 10.8. The number of alkyl halides is 2. The van der Waals surface area contributed by atoms with E-state index in [0.29, 0.717) is 0 Å². The van der Waals surface area contributed by atoms with Crippen molar-refractivity contribution in [1.29, 1.82) is 0 Å². The summed E-state index contributed by atoms with van der Waals surface area (Å²) in [4.78, 5) is 1.23. The number of β-amino-alcohol motifs (C(OH)–C–C–N with tert-alkyl or cyclic N) is 2. The van der Waals surface area contributed by atoms with Gasteiger partial charge in [-0.2, -0.15) is 0 Å². The second-order valence-corrected chi connectivity index (χ2v) is 3.34. The SMILES string of the molecule is OCC(F)(F)CN1CC(O)C(O)C1. The molecular formula is C7H13F2NO3. The van der Waals surface area contributed by atoms with E-state index in [2.05, 4.69) is 0 Å². The Hall–Kier alpha value is -0.300. The van der Waals surface area contributed by atoms with Crippen LogP contribution in [0.3, 0.4) is 0 Å². The van der Waals surface area contributed by atoms with Gasteiger partial charge in [-0.05, 0) is 0 Å². The van der Waals surface area contributed by atoms with Crippen molar-refractivity contribution in [1.82, 2.24) is 4.90 Å². The van der Waals surface area contributed by atoms with Crippen LogP contribution in [0.4, 0.5) is 8.78 Å². The standard InChI is InChI=1S/C7H13F2NO3/c8-7(9,4-11)3-10-1-5(12)6(13)2-10/h5-6,11-13H,1-4H2. The molecule has 0 radical (unpaired) electrons. The number of rotatable bonds is 3. The molecule has 2 atom stereocenters. The largest absolute Gasteiger partial charge is 0.390 e. The van der Waals surface area contributed by atoms with Crippen LogP contribution in [0.25, 0.3) is 0 Å². The van der Waals surface area contributed by atoms with Crippen LogP contribution in [0.1, 0.15) is 0 Å². The maximum Gasteiger partial charge on any atom is 0.283 e. The van der Waals surface area contributed by atoms with Crippen molar-refractivity contribution in [3.63, 3.8) is 0 Å². The minimum Gasteiger partial charge on any atom is -0.390 e. The number of hydrogen-bond acceptors (Lipinski definition) is 4. The molecule has 0 aromatic rings. The van der Waals surface area contributed by atoms with E-state index in [4.69, 9.17) is 15.3 Å². The number of nitrogens with zero attached hydrogens (tertiary/aromatic N) is 1. The molecule has 1 rings (SSSR count). The Labute approximate surface area is 74.4 Å². The van der Waals surface area contributed by atoms with Gasteiger partial charge >= 0.3 is 0 Å². The monoisotopic (exact) mass is 197 g/mol. The van der Waals surface area contributed by atoms with Gasteiger partial charge in [0.15, 0.2) is 0 Å². The summed E-state index contributed by atoms with van der Waals surface area (Å²) in [6.45, 7) is -1.79. The lowest BCUT2D eigenvalue weighted by Gasteiger charge is -2.20. The van der Waals surface area contributed by atoms with Crippen molar-refractivity contribution in [3.05, 3.63) is 0 Å². The van der Waals surface area contributed by atoms with E-state index < -0.39 is 31.3 Å². The van der Waals surface area contributed by atoms with E-state index in [1.165, 1.54) is 4.90 Å². The lowest BCUT2D eigenvalue weighted by Crippen LogP contribution is -2.38. The maximum atomic E-state index is 12.6. The van der Waals surface area contributed by atoms with Crippen molar-refractivity contribution in [2.45, 2.75) is 18.1 Å². The topological polar surface area (TPSA) is 63.9 Å². The van der Waals surface area contributed by atoms with Crippen LogP contribution in [0.2, 0.25) is 0 Å². The Morgan fingerprint density at radius 1 is 1.23 bits per heavy atom. The van der Waals surface area contributed by atoms with E-state index in [9.17, 15) is 8.78 Å². The molecule has 6 heteroatoms. The molecule has 1 saturated heterocycles. The third kappa shape index (κ3) is 2.84. The molecule has 3 N–H and O–H groups in total. The summed E-state index contributed by atoms with van der Waals surface area (Å²) in [6.07, 6.45) is -1.93. The highest BCUT2D eigenvalue weighted by Crippen LogP contribution is 2.18. The summed E-state index contributed by atoms with van der Waals surface area (Å²) < 4.78 is 25.2. The van der Waals surface area contributed by atoms with Gasteiger partial charge < -0.3 is 15.3 Å². The van der Waals surface area contributed by atoms with Crippen LogP contribution in [-0.2, 0) is 0 Å². The van der Waals surface area contributed by atoms with Crippen molar-refractivity contribution < 1.29 is 24.1 Å². The Kier molecular flexibility index (Phi) is 3.18. The molecule has 0 aromatic carbocycles. The van der Waals surface area contributed by atoms with Crippen molar-refractivity contribution >= 4 is 0 Å². The molecule has 78 valence electrons. The van der Waals surface area contributed by atoms with Crippen LogP contribution < -0.4 is 0 Å². The molecule has 1 aliphatic heterocycles. The Morgan fingerprint density at radius 2 is 1.69 bits per heavy atom. The van der Waals surface area contributed by atoms with Crippen molar-refractivity contribution in [3.8, 4) is 0 Å². The van der Waals surface area contributed by atoms with Crippen molar-refractivity contribution in [2.75, 3.05) is 26.2 Å².